The van der Waals surface area contributed by atoms with Crippen molar-refractivity contribution in [3.05, 3.63) is 35.2 Å². The van der Waals surface area contributed by atoms with E-state index in [1.54, 1.807) is 37.0 Å². The summed E-state index contributed by atoms with van der Waals surface area (Å²) in [6.45, 7) is 0. The standard InChI is InChI=1S/C12H11N5O2S/c1-15(2)11(19)8-3-4-17(14-8)10-9(7-18)16-5-6-20-12(16)13-10/h3-7H,1-2H3. The van der Waals surface area contributed by atoms with Crippen molar-refractivity contribution in [3.8, 4) is 5.82 Å². The van der Waals surface area contributed by atoms with Crippen molar-refractivity contribution in [2.24, 2.45) is 0 Å². The molecule has 0 N–H and O–H groups in total. The Bertz CT molecular complexity index is 798. The van der Waals surface area contributed by atoms with Gasteiger partial charge in [0.05, 0.1) is 0 Å². The van der Waals surface area contributed by atoms with E-state index in [0.717, 1.165) is 6.29 Å². The van der Waals surface area contributed by atoms with Crippen molar-refractivity contribution < 1.29 is 9.59 Å². The normalized spacial score (nSPS) is 10.9. The maximum Gasteiger partial charge on any atom is 0.273 e. The van der Waals surface area contributed by atoms with Crippen LogP contribution in [0.4, 0.5) is 0 Å². The molecule has 102 valence electrons. The van der Waals surface area contributed by atoms with E-state index in [4.69, 9.17) is 0 Å². The zero-order chi connectivity index (χ0) is 14.3. The molecule has 0 aliphatic carbocycles. The maximum atomic E-state index is 11.8. The van der Waals surface area contributed by atoms with Crippen LogP contribution in [-0.2, 0) is 0 Å². The zero-order valence-electron chi connectivity index (χ0n) is 10.8. The van der Waals surface area contributed by atoms with Gasteiger partial charge < -0.3 is 4.90 Å². The molecule has 3 aromatic heterocycles. The number of hydrogen-bond donors (Lipinski definition) is 0. The first-order chi connectivity index (χ1) is 9.61. The second kappa shape index (κ2) is 4.57. The van der Waals surface area contributed by atoms with Gasteiger partial charge >= 0.3 is 0 Å². The van der Waals surface area contributed by atoms with Crippen LogP contribution in [0.15, 0.2) is 23.8 Å². The third-order valence-electron chi connectivity index (χ3n) is 2.82. The van der Waals surface area contributed by atoms with E-state index >= 15 is 0 Å². The fourth-order valence-corrected chi connectivity index (χ4v) is 2.57. The molecule has 3 heterocycles. The number of aromatic nitrogens is 4. The number of hydrogen-bond acceptors (Lipinski definition) is 5. The SMILES string of the molecule is CN(C)C(=O)c1ccn(-c2nc3sccn3c2C=O)n1. The van der Waals surface area contributed by atoms with E-state index in [1.807, 2.05) is 5.38 Å². The fourth-order valence-electron chi connectivity index (χ4n) is 1.85. The van der Waals surface area contributed by atoms with Crippen molar-refractivity contribution >= 4 is 28.5 Å². The number of amides is 1. The summed E-state index contributed by atoms with van der Waals surface area (Å²) in [5.74, 6) is 0.224. The fraction of sp³-hybridized carbons (Fsp3) is 0.167. The van der Waals surface area contributed by atoms with Crippen LogP contribution in [0.2, 0.25) is 0 Å². The Morgan fingerprint density at radius 1 is 1.40 bits per heavy atom. The van der Waals surface area contributed by atoms with Crippen LogP contribution >= 0.6 is 11.3 Å². The number of rotatable bonds is 3. The lowest BCUT2D eigenvalue weighted by Crippen LogP contribution is -2.22. The highest BCUT2D eigenvalue weighted by molar-refractivity contribution is 7.15. The van der Waals surface area contributed by atoms with Crippen LogP contribution in [0, 0.1) is 0 Å². The summed E-state index contributed by atoms with van der Waals surface area (Å²) in [6.07, 6.45) is 4.13. The van der Waals surface area contributed by atoms with Crippen LogP contribution in [0.5, 0.6) is 0 Å². The van der Waals surface area contributed by atoms with Crippen molar-refractivity contribution in [2.45, 2.75) is 0 Å². The van der Waals surface area contributed by atoms with Gasteiger partial charge in [-0.15, -0.1) is 11.3 Å². The van der Waals surface area contributed by atoms with Gasteiger partial charge in [-0.3, -0.25) is 14.0 Å². The van der Waals surface area contributed by atoms with Crippen LogP contribution in [0.3, 0.4) is 0 Å². The number of thiazole rings is 1. The molecule has 7 nitrogen and oxygen atoms in total. The smallest absolute Gasteiger partial charge is 0.273 e. The first-order valence-electron chi connectivity index (χ1n) is 5.80. The average molecular weight is 289 g/mol. The highest BCUT2D eigenvalue weighted by Crippen LogP contribution is 2.19. The average Bonchev–Trinajstić information content (AvgIpc) is 3.11. The van der Waals surface area contributed by atoms with Crippen molar-refractivity contribution in [3.63, 3.8) is 0 Å². The Kier molecular flexibility index (Phi) is 2.87. The lowest BCUT2D eigenvalue weighted by Gasteiger charge is -2.06. The van der Waals surface area contributed by atoms with Crippen molar-refractivity contribution in [2.75, 3.05) is 14.1 Å². The number of carbonyl (C=O) groups is 2. The lowest BCUT2D eigenvalue weighted by molar-refractivity contribution is 0.0821. The Morgan fingerprint density at radius 2 is 2.20 bits per heavy atom. The second-order valence-electron chi connectivity index (χ2n) is 4.34. The van der Waals surface area contributed by atoms with E-state index in [2.05, 4.69) is 10.1 Å². The molecule has 8 heteroatoms. The van der Waals surface area contributed by atoms with Crippen LogP contribution in [0.1, 0.15) is 21.0 Å². The van der Waals surface area contributed by atoms with Gasteiger partial charge in [0.25, 0.3) is 5.91 Å². The molecule has 20 heavy (non-hydrogen) atoms. The van der Waals surface area contributed by atoms with Gasteiger partial charge in [0, 0.05) is 31.9 Å². The number of fused-ring (bicyclic) bond motifs is 1. The van der Waals surface area contributed by atoms with Crippen molar-refractivity contribution in [1.82, 2.24) is 24.1 Å². The minimum atomic E-state index is -0.197. The third-order valence-corrected chi connectivity index (χ3v) is 3.58. The predicted molar refractivity (Wildman–Crippen MR) is 73.6 cm³/mol. The van der Waals surface area contributed by atoms with Crippen LogP contribution in [0.25, 0.3) is 10.8 Å². The molecule has 0 aromatic carbocycles. The van der Waals surface area contributed by atoms with E-state index < -0.39 is 0 Å². The molecule has 0 aliphatic rings. The monoisotopic (exact) mass is 289 g/mol. The molecule has 0 saturated carbocycles. The highest BCUT2D eigenvalue weighted by Gasteiger charge is 2.17. The van der Waals surface area contributed by atoms with Gasteiger partial charge in [-0.2, -0.15) is 10.1 Å². The Labute approximate surface area is 118 Å². The molecule has 0 fully saturated rings. The first kappa shape index (κ1) is 12.5. The van der Waals surface area contributed by atoms with E-state index in [0.29, 0.717) is 22.2 Å². The number of carbonyl (C=O) groups excluding carboxylic acids is 2. The molecular formula is C12H11N5O2S. The molecule has 0 atom stereocenters. The number of imidazole rings is 1. The number of aldehydes is 1. The molecule has 0 bridgehead atoms. The van der Waals surface area contributed by atoms with Gasteiger partial charge in [0.1, 0.15) is 5.69 Å². The predicted octanol–water partition coefficient (Wildman–Crippen LogP) is 1.10. The van der Waals surface area contributed by atoms with E-state index in [9.17, 15) is 9.59 Å². The summed E-state index contributed by atoms with van der Waals surface area (Å²) in [4.78, 5) is 29.6. The molecule has 0 unspecified atom stereocenters. The summed E-state index contributed by atoms with van der Waals surface area (Å²) >= 11 is 1.43. The van der Waals surface area contributed by atoms with Gasteiger partial charge in [-0.05, 0) is 6.07 Å². The third kappa shape index (κ3) is 1.81. The number of nitrogens with zero attached hydrogens (tertiary/aromatic N) is 5. The molecule has 1 amide bonds. The van der Waals surface area contributed by atoms with Gasteiger partial charge in [-0.25, -0.2) is 4.68 Å². The topological polar surface area (TPSA) is 72.5 Å². The molecule has 0 radical (unpaired) electrons. The molecule has 3 aromatic rings. The van der Waals surface area contributed by atoms with Crippen LogP contribution in [-0.4, -0.2) is 50.4 Å². The molecule has 0 aliphatic heterocycles. The molecule has 0 spiro atoms. The van der Waals surface area contributed by atoms with Crippen LogP contribution < -0.4 is 0 Å². The summed E-state index contributed by atoms with van der Waals surface area (Å²) in [6, 6.07) is 1.60. The maximum absolute atomic E-state index is 11.8. The summed E-state index contributed by atoms with van der Waals surface area (Å²) < 4.78 is 3.14. The Balaban J connectivity index is 2.09. The second-order valence-corrected chi connectivity index (χ2v) is 5.21. The van der Waals surface area contributed by atoms with Crippen molar-refractivity contribution in [1.29, 1.82) is 0 Å². The summed E-state index contributed by atoms with van der Waals surface area (Å²) in [5, 5.41) is 6.03. The quantitative estimate of drug-likeness (QED) is 0.677. The lowest BCUT2D eigenvalue weighted by atomic mass is 10.4. The van der Waals surface area contributed by atoms with Gasteiger partial charge in [0.15, 0.2) is 22.8 Å². The first-order valence-corrected chi connectivity index (χ1v) is 6.68. The summed E-state index contributed by atoms with van der Waals surface area (Å²) in [5.41, 5.74) is 0.719. The Hall–Kier alpha value is -2.48. The van der Waals surface area contributed by atoms with E-state index in [-0.39, 0.29) is 5.91 Å². The zero-order valence-corrected chi connectivity index (χ0v) is 11.7. The molecule has 0 saturated heterocycles. The molecular weight excluding hydrogens is 278 g/mol. The van der Waals surface area contributed by atoms with Gasteiger partial charge in [-0.1, -0.05) is 0 Å². The minimum Gasteiger partial charge on any atom is -0.343 e. The summed E-state index contributed by atoms with van der Waals surface area (Å²) in [7, 11) is 3.32. The highest BCUT2D eigenvalue weighted by atomic mass is 32.1. The Morgan fingerprint density at radius 3 is 2.90 bits per heavy atom. The van der Waals surface area contributed by atoms with E-state index in [1.165, 1.54) is 20.9 Å². The largest absolute Gasteiger partial charge is 0.343 e. The van der Waals surface area contributed by atoms with Gasteiger partial charge in [0.2, 0.25) is 0 Å². The molecule has 3 rings (SSSR count). The minimum absolute atomic E-state index is 0.197.